The molecule has 0 fully saturated rings. The molecule has 1 rings (SSSR count). The van der Waals surface area contributed by atoms with Gasteiger partial charge in [-0.1, -0.05) is 36.5 Å². The maximum atomic E-state index is 6.00. The summed E-state index contributed by atoms with van der Waals surface area (Å²) >= 11 is 16.1. The molecule has 4 heteroatoms. The molecule has 1 aromatic carbocycles. The maximum absolute atomic E-state index is 6.00. The summed E-state index contributed by atoms with van der Waals surface area (Å²) < 4.78 is 5.66. The minimum atomic E-state index is 0.472. The van der Waals surface area contributed by atoms with Crippen molar-refractivity contribution >= 4 is 35.8 Å². The Balaban J connectivity index is 2.53. The van der Waals surface area contributed by atoms with Crippen LogP contribution in [-0.4, -0.2) is 12.4 Å². The van der Waals surface area contributed by atoms with E-state index in [1.807, 2.05) is 0 Å². The number of benzene rings is 1. The van der Waals surface area contributed by atoms with Crippen LogP contribution >= 0.6 is 35.8 Å². The molecule has 0 spiro atoms. The van der Waals surface area contributed by atoms with Crippen LogP contribution < -0.4 is 4.74 Å². The lowest BCUT2D eigenvalue weighted by molar-refractivity contribution is 0.255. The van der Waals surface area contributed by atoms with E-state index >= 15 is 0 Å². The largest absolute Gasteiger partial charge is 0.492 e. The van der Waals surface area contributed by atoms with E-state index < -0.39 is 0 Å². The van der Waals surface area contributed by atoms with Crippen molar-refractivity contribution in [2.45, 2.75) is 19.8 Å². The van der Waals surface area contributed by atoms with Crippen LogP contribution in [0.4, 0.5) is 0 Å². The number of rotatable bonds is 6. The molecule has 0 heterocycles. The highest BCUT2D eigenvalue weighted by Crippen LogP contribution is 2.28. The molecule has 0 aliphatic rings. The first kappa shape index (κ1) is 14.0. The monoisotopic (exact) mass is 278 g/mol. The Labute approximate surface area is 112 Å². The molecule has 0 radical (unpaired) electrons. The Kier molecular flexibility index (Phi) is 6.40. The minimum Gasteiger partial charge on any atom is -0.492 e. The number of ether oxygens (including phenoxy) is 1. The molecular weight excluding hydrogens is 263 g/mol. The quantitative estimate of drug-likeness (QED) is 0.741. The maximum Gasteiger partial charge on any atom is 0.137 e. The molecule has 1 nitrogen and oxygen atoms in total. The normalized spacial score (nSPS) is 12.5. The van der Waals surface area contributed by atoms with Crippen LogP contribution in [0.25, 0.3) is 0 Å². The fourth-order valence-electron chi connectivity index (χ4n) is 1.44. The highest BCUT2D eigenvalue weighted by atomic mass is 35.5. The number of thiol groups is 1. The van der Waals surface area contributed by atoms with E-state index in [1.165, 1.54) is 0 Å². The van der Waals surface area contributed by atoms with Gasteiger partial charge >= 0.3 is 0 Å². The van der Waals surface area contributed by atoms with E-state index in [4.69, 9.17) is 27.9 Å². The van der Waals surface area contributed by atoms with Crippen molar-refractivity contribution in [3.63, 3.8) is 0 Å². The van der Waals surface area contributed by atoms with Crippen molar-refractivity contribution in [1.82, 2.24) is 0 Å². The van der Waals surface area contributed by atoms with Gasteiger partial charge in [0.1, 0.15) is 5.75 Å². The Hall–Kier alpha value is -0.0500. The van der Waals surface area contributed by atoms with Crippen molar-refractivity contribution in [2.24, 2.45) is 5.92 Å². The summed E-state index contributed by atoms with van der Waals surface area (Å²) in [4.78, 5) is 0. The van der Waals surface area contributed by atoms with Gasteiger partial charge in [-0.2, -0.15) is 12.6 Å². The lowest BCUT2D eigenvalue weighted by Gasteiger charge is -2.15. The third-order valence-corrected chi connectivity index (χ3v) is 3.37. The second-order valence-electron chi connectivity index (χ2n) is 3.72. The Morgan fingerprint density at radius 1 is 1.38 bits per heavy atom. The van der Waals surface area contributed by atoms with Crippen LogP contribution in [0.5, 0.6) is 5.75 Å². The average Bonchev–Trinajstić information content (AvgIpc) is 2.26. The molecule has 1 atom stereocenters. The molecule has 16 heavy (non-hydrogen) atoms. The van der Waals surface area contributed by atoms with Gasteiger partial charge in [-0.05, 0) is 30.4 Å². The zero-order valence-corrected chi connectivity index (χ0v) is 11.7. The number of hydrogen-bond donors (Lipinski definition) is 1. The fraction of sp³-hybridized carbons (Fsp3) is 0.500. The van der Waals surface area contributed by atoms with E-state index in [0.717, 1.165) is 18.6 Å². The highest BCUT2D eigenvalue weighted by molar-refractivity contribution is 7.80. The molecule has 1 unspecified atom stereocenters. The highest BCUT2D eigenvalue weighted by Gasteiger charge is 2.08. The second kappa shape index (κ2) is 7.31. The Bertz CT molecular complexity index is 331. The van der Waals surface area contributed by atoms with Gasteiger partial charge in [-0.3, -0.25) is 0 Å². The van der Waals surface area contributed by atoms with Gasteiger partial charge in [0, 0.05) is 10.9 Å². The van der Waals surface area contributed by atoms with Crippen LogP contribution in [0.2, 0.25) is 10.0 Å². The minimum absolute atomic E-state index is 0.472. The van der Waals surface area contributed by atoms with Crippen LogP contribution in [0.1, 0.15) is 19.8 Å². The zero-order chi connectivity index (χ0) is 12.0. The molecule has 0 saturated heterocycles. The van der Waals surface area contributed by atoms with E-state index in [1.54, 1.807) is 18.2 Å². The van der Waals surface area contributed by atoms with Crippen molar-refractivity contribution < 1.29 is 4.74 Å². The summed E-state index contributed by atoms with van der Waals surface area (Å²) in [6.07, 6.45) is 2.26. The van der Waals surface area contributed by atoms with Crippen LogP contribution in [0.3, 0.4) is 0 Å². The molecule has 0 aromatic heterocycles. The number of hydrogen-bond acceptors (Lipinski definition) is 2. The van der Waals surface area contributed by atoms with Gasteiger partial charge in [0.25, 0.3) is 0 Å². The van der Waals surface area contributed by atoms with Gasteiger partial charge in [-0.25, -0.2) is 0 Å². The third-order valence-electron chi connectivity index (χ3n) is 2.32. The summed E-state index contributed by atoms with van der Waals surface area (Å²) in [7, 11) is 0. The second-order valence-corrected chi connectivity index (χ2v) is 4.93. The van der Waals surface area contributed by atoms with Gasteiger partial charge in [0.2, 0.25) is 0 Å². The average molecular weight is 279 g/mol. The lowest BCUT2D eigenvalue weighted by Crippen LogP contribution is -2.13. The van der Waals surface area contributed by atoms with Crippen molar-refractivity contribution in [2.75, 3.05) is 12.4 Å². The molecule has 0 aliphatic carbocycles. The molecule has 0 aliphatic heterocycles. The summed E-state index contributed by atoms with van der Waals surface area (Å²) in [6, 6.07) is 5.26. The molecule has 0 N–H and O–H groups in total. The topological polar surface area (TPSA) is 9.23 Å². The van der Waals surface area contributed by atoms with E-state index in [9.17, 15) is 0 Å². The van der Waals surface area contributed by atoms with E-state index in [0.29, 0.717) is 28.3 Å². The SMILES string of the molecule is CCCC(CS)COc1ccc(Cl)cc1Cl. The smallest absolute Gasteiger partial charge is 0.137 e. The predicted octanol–water partition coefficient (Wildman–Crippen LogP) is 4.72. The van der Waals surface area contributed by atoms with Crippen LogP contribution in [0, 0.1) is 5.92 Å². The number of halogens is 2. The summed E-state index contributed by atoms with van der Waals surface area (Å²) in [5, 5.41) is 1.18. The molecule has 0 amide bonds. The Morgan fingerprint density at radius 3 is 2.69 bits per heavy atom. The predicted molar refractivity (Wildman–Crippen MR) is 74.2 cm³/mol. The van der Waals surface area contributed by atoms with Crippen molar-refractivity contribution in [1.29, 1.82) is 0 Å². The summed E-state index contributed by atoms with van der Waals surface area (Å²) in [5.41, 5.74) is 0. The molecule has 90 valence electrons. The molecule has 0 saturated carbocycles. The first-order valence-electron chi connectivity index (χ1n) is 5.36. The first-order valence-corrected chi connectivity index (χ1v) is 6.75. The molecular formula is C12H16Cl2OS. The van der Waals surface area contributed by atoms with E-state index in [-0.39, 0.29) is 0 Å². The van der Waals surface area contributed by atoms with Crippen LogP contribution in [0.15, 0.2) is 18.2 Å². The third kappa shape index (κ3) is 4.44. The Morgan fingerprint density at radius 2 is 2.12 bits per heavy atom. The van der Waals surface area contributed by atoms with Crippen LogP contribution in [-0.2, 0) is 0 Å². The molecule has 1 aromatic rings. The molecule has 0 bridgehead atoms. The fourth-order valence-corrected chi connectivity index (χ4v) is 2.19. The standard InChI is InChI=1S/C12H16Cl2OS/c1-2-3-9(8-16)7-15-12-5-4-10(13)6-11(12)14/h4-6,9,16H,2-3,7-8H2,1H3. The van der Waals surface area contributed by atoms with Gasteiger partial charge in [0.15, 0.2) is 0 Å². The van der Waals surface area contributed by atoms with Gasteiger partial charge in [-0.15, -0.1) is 0 Å². The lowest BCUT2D eigenvalue weighted by atomic mass is 10.1. The van der Waals surface area contributed by atoms with E-state index in [2.05, 4.69) is 19.6 Å². The van der Waals surface area contributed by atoms with Crippen molar-refractivity contribution in [3.05, 3.63) is 28.2 Å². The van der Waals surface area contributed by atoms with Gasteiger partial charge in [0.05, 0.1) is 11.6 Å². The van der Waals surface area contributed by atoms with Gasteiger partial charge < -0.3 is 4.74 Å². The first-order chi connectivity index (χ1) is 7.67. The summed E-state index contributed by atoms with van der Waals surface area (Å²) in [6.45, 7) is 2.81. The zero-order valence-electron chi connectivity index (χ0n) is 9.25. The summed E-state index contributed by atoms with van der Waals surface area (Å²) in [5.74, 6) is 1.99. The van der Waals surface area contributed by atoms with Crippen molar-refractivity contribution in [3.8, 4) is 5.75 Å².